The first-order valence-electron chi connectivity index (χ1n) is 11.0. The third kappa shape index (κ3) is 3.88. The second-order valence-corrected chi connectivity index (χ2v) is 8.36. The Morgan fingerprint density at radius 2 is 1.57 bits per heavy atom. The summed E-state index contributed by atoms with van der Waals surface area (Å²) >= 11 is 5.17. The molecule has 6 nitrogen and oxygen atoms in total. The molecule has 0 atom stereocenters. The summed E-state index contributed by atoms with van der Waals surface area (Å²) in [6.07, 6.45) is 5.65. The number of hydrogen-bond acceptors (Lipinski definition) is 5. The van der Waals surface area contributed by atoms with Gasteiger partial charge in [0.2, 0.25) is 0 Å². The molecule has 0 spiro atoms. The molecule has 0 fully saturated rings. The van der Waals surface area contributed by atoms with E-state index in [1.165, 1.54) is 0 Å². The van der Waals surface area contributed by atoms with Crippen LogP contribution in [-0.4, -0.2) is 19.7 Å². The van der Waals surface area contributed by atoms with Crippen LogP contribution in [0.25, 0.3) is 51.3 Å². The summed E-state index contributed by atoms with van der Waals surface area (Å²) in [5.41, 5.74) is 4.78. The Morgan fingerprint density at radius 3 is 2.37 bits per heavy atom. The standard InChI is InChI=1S/C28H18N4O2S/c33-27-24-23(34-22-14-8-7-13-21(22)26(24)29-28(35)30-27)16-15-19-17-32(20-11-5-2-6-12-20)31-25(19)18-9-3-1-4-10-18/h1-17H,(H,30,33,35). The Morgan fingerprint density at radius 1 is 0.857 bits per heavy atom. The van der Waals surface area contributed by atoms with E-state index in [9.17, 15) is 4.79 Å². The molecule has 0 aliphatic carbocycles. The number of aromatic amines is 1. The van der Waals surface area contributed by atoms with Crippen molar-refractivity contribution in [3.63, 3.8) is 0 Å². The van der Waals surface area contributed by atoms with E-state index >= 15 is 0 Å². The van der Waals surface area contributed by atoms with Crippen LogP contribution in [0.3, 0.4) is 0 Å². The van der Waals surface area contributed by atoms with Gasteiger partial charge in [0, 0.05) is 22.7 Å². The Kier molecular flexibility index (Phi) is 5.16. The van der Waals surface area contributed by atoms with Crippen LogP contribution in [0.5, 0.6) is 0 Å². The SMILES string of the molecule is O=c1[nH]c(=S)nc2c3ccccc3oc(C=Cc3cn(-c4ccccc4)nc3-c3ccccc3)c1-2. The van der Waals surface area contributed by atoms with Crippen molar-refractivity contribution >= 4 is 35.3 Å². The summed E-state index contributed by atoms with van der Waals surface area (Å²) in [5, 5.41) is 5.58. The zero-order valence-electron chi connectivity index (χ0n) is 18.4. The smallest absolute Gasteiger partial charge is 0.263 e. The van der Waals surface area contributed by atoms with E-state index in [1.54, 1.807) is 6.08 Å². The first-order valence-corrected chi connectivity index (χ1v) is 11.4. The molecule has 0 radical (unpaired) electrons. The molecule has 2 aliphatic rings. The molecule has 1 aromatic heterocycles. The van der Waals surface area contributed by atoms with Gasteiger partial charge in [-0.2, -0.15) is 5.10 Å². The highest BCUT2D eigenvalue weighted by Gasteiger charge is 2.19. The molecule has 1 N–H and O–H groups in total. The van der Waals surface area contributed by atoms with Gasteiger partial charge >= 0.3 is 0 Å². The molecule has 0 saturated carbocycles. The Bertz CT molecular complexity index is 1780. The van der Waals surface area contributed by atoms with Crippen molar-refractivity contribution in [2.45, 2.75) is 0 Å². The number of aromatic nitrogens is 4. The van der Waals surface area contributed by atoms with Crippen molar-refractivity contribution in [1.29, 1.82) is 0 Å². The number of fused-ring (bicyclic) bond motifs is 3. The van der Waals surface area contributed by atoms with Gasteiger partial charge in [-0.3, -0.25) is 9.78 Å². The van der Waals surface area contributed by atoms with Crippen molar-refractivity contribution < 1.29 is 4.42 Å². The predicted octanol–water partition coefficient (Wildman–Crippen LogP) is 6.37. The fraction of sp³-hybridized carbons (Fsp3) is 0. The third-order valence-corrected chi connectivity index (χ3v) is 5.92. The maximum Gasteiger partial charge on any atom is 0.263 e. The lowest BCUT2D eigenvalue weighted by Gasteiger charge is -2.10. The molecular formula is C28H18N4O2S. The van der Waals surface area contributed by atoms with Gasteiger partial charge in [-0.25, -0.2) is 9.67 Å². The summed E-state index contributed by atoms with van der Waals surface area (Å²) in [4.78, 5) is 19.9. The molecular weight excluding hydrogens is 456 g/mol. The number of benzene rings is 3. The van der Waals surface area contributed by atoms with Crippen LogP contribution in [-0.2, 0) is 0 Å². The fourth-order valence-corrected chi connectivity index (χ4v) is 4.31. The van der Waals surface area contributed by atoms with Crippen LogP contribution >= 0.6 is 12.2 Å². The second-order valence-electron chi connectivity index (χ2n) is 7.97. The fourth-order valence-electron chi connectivity index (χ4n) is 4.12. The number of hydrogen-bond donors (Lipinski definition) is 1. The van der Waals surface area contributed by atoms with Crippen molar-refractivity contribution in [1.82, 2.24) is 19.7 Å². The summed E-state index contributed by atoms with van der Waals surface area (Å²) in [5.74, 6) is 0.397. The van der Waals surface area contributed by atoms with Gasteiger partial charge in [0.25, 0.3) is 5.56 Å². The number of H-pyrrole nitrogens is 1. The van der Waals surface area contributed by atoms with Gasteiger partial charge in [-0.15, -0.1) is 0 Å². The van der Waals surface area contributed by atoms with E-state index in [0.717, 1.165) is 27.9 Å². The molecule has 0 saturated heterocycles. The summed E-state index contributed by atoms with van der Waals surface area (Å²) in [7, 11) is 0. The minimum Gasteiger partial charge on any atom is -0.456 e. The van der Waals surface area contributed by atoms with Crippen molar-refractivity contribution in [3.05, 3.63) is 118 Å². The second kappa shape index (κ2) is 8.62. The lowest BCUT2D eigenvalue weighted by atomic mass is 10.0. The first-order chi connectivity index (χ1) is 17.2. The average Bonchev–Trinajstić information content (AvgIpc) is 3.32. The van der Waals surface area contributed by atoms with Crippen LogP contribution < -0.4 is 5.56 Å². The van der Waals surface area contributed by atoms with Gasteiger partial charge in [0.05, 0.1) is 17.1 Å². The zero-order chi connectivity index (χ0) is 23.8. The maximum atomic E-state index is 12.9. The lowest BCUT2D eigenvalue weighted by Crippen LogP contribution is -2.14. The predicted molar refractivity (Wildman–Crippen MR) is 140 cm³/mol. The minimum absolute atomic E-state index is 0.143. The zero-order valence-corrected chi connectivity index (χ0v) is 19.2. The number of rotatable bonds is 4. The van der Waals surface area contributed by atoms with Crippen LogP contribution in [0, 0.1) is 4.77 Å². The molecule has 35 heavy (non-hydrogen) atoms. The van der Waals surface area contributed by atoms with Gasteiger partial charge in [-0.1, -0.05) is 60.7 Å². The monoisotopic (exact) mass is 474 g/mol. The van der Waals surface area contributed by atoms with E-state index in [4.69, 9.17) is 21.7 Å². The van der Waals surface area contributed by atoms with Gasteiger partial charge < -0.3 is 4.42 Å². The summed E-state index contributed by atoms with van der Waals surface area (Å²) in [6, 6.07) is 27.4. The van der Waals surface area contributed by atoms with Crippen molar-refractivity contribution in [2.24, 2.45) is 0 Å². The summed E-state index contributed by atoms with van der Waals surface area (Å²) in [6.45, 7) is 0. The molecule has 0 bridgehead atoms. The van der Waals surface area contributed by atoms with E-state index in [-0.39, 0.29) is 10.3 Å². The normalized spacial score (nSPS) is 11.5. The Labute approximate surface area is 205 Å². The number of nitrogens with one attached hydrogen (secondary N) is 1. The Hall–Kier alpha value is -4.62. The lowest BCUT2D eigenvalue weighted by molar-refractivity contribution is 0.592. The van der Waals surface area contributed by atoms with E-state index in [0.29, 0.717) is 22.6 Å². The maximum absolute atomic E-state index is 12.9. The molecule has 0 unspecified atom stereocenters. The molecule has 3 heterocycles. The van der Waals surface area contributed by atoms with Crippen LogP contribution in [0.2, 0.25) is 0 Å². The van der Waals surface area contributed by atoms with Gasteiger partial charge in [-0.05, 0) is 48.6 Å². The van der Waals surface area contributed by atoms with E-state index in [2.05, 4.69) is 9.97 Å². The van der Waals surface area contributed by atoms with Gasteiger partial charge in [0.15, 0.2) is 4.77 Å². The first kappa shape index (κ1) is 20.9. The number of para-hydroxylation sites is 2. The molecule has 4 aromatic rings. The molecule has 0 amide bonds. The Balaban J connectivity index is 1.54. The topological polar surface area (TPSA) is 76.7 Å². The van der Waals surface area contributed by atoms with Crippen LogP contribution in [0.1, 0.15) is 11.3 Å². The molecule has 168 valence electrons. The molecule has 7 heteroatoms. The molecule has 2 aliphatic heterocycles. The van der Waals surface area contributed by atoms with E-state index in [1.807, 2.05) is 102 Å². The minimum atomic E-state index is -0.336. The number of nitrogens with zero attached hydrogens (tertiary/aromatic N) is 3. The largest absolute Gasteiger partial charge is 0.456 e. The highest BCUT2D eigenvalue weighted by molar-refractivity contribution is 7.71. The highest BCUT2D eigenvalue weighted by Crippen LogP contribution is 2.32. The van der Waals surface area contributed by atoms with Gasteiger partial charge in [0.1, 0.15) is 16.9 Å². The van der Waals surface area contributed by atoms with Crippen molar-refractivity contribution in [2.75, 3.05) is 0 Å². The quantitative estimate of drug-likeness (QED) is 0.237. The summed E-state index contributed by atoms with van der Waals surface area (Å²) < 4.78 is 8.13. The average molecular weight is 475 g/mol. The van der Waals surface area contributed by atoms with Crippen molar-refractivity contribution in [3.8, 4) is 28.2 Å². The molecule has 3 aromatic carbocycles. The third-order valence-electron chi connectivity index (χ3n) is 5.73. The van der Waals surface area contributed by atoms with E-state index < -0.39 is 0 Å². The van der Waals surface area contributed by atoms with Crippen LogP contribution in [0.15, 0.2) is 100 Å². The molecule has 6 rings (SSSR count). The van der Waals surface area contributed by atoms with Crippen LogP contribution in [0.4, 0.5) is 0 Å². The highest BCUT2D eigenvalue weighted by atomic mass is 32.1.